The predicted octanol–water partition coefficient (Wildman–Crippen LogP) is 5.40. The molecule has 6 nitrogen and oxygen atoms in total. The lowest BCUT2D eigenvalue weighted by Crippen LogP contribution is -2.30. The lowest BCUT2D eigenvalue weighted by Gasteiger charge is -2.25. The number of nitrogens with one attached hydrogen (secondary N) is 1. The Balaban J connectivity index is 1.58. The summed E-state index contributed by atoms with van der Waals surface area (Å²) in [6.07, 6.45) is 2.71. The summed E-state index contributed by atoms with van der Waals surface area (Å²) in [6.45, 7) is 0.593. The average molecular weight is 488 g/mol. The largest absolute Gasteiger partial charge is 0.469 e. The topological polar surface area (TPSA) is 67.6 Å². The average Bonchev–Trinajstić information content (AvgIpc) is 3.40. The van der Waals surface area contributed by atoms with E-state index >= 15 is 0 Å². The van der Waals surface area contributed by atoms with Crippen LogP contribution < -0.4 is 5.32 Å². The zero-order valence-electron chi connectivity index (χ0n) is 17.4. The molecule has 2 atom stereocenters. The molecule has 1 aliphatic rings. The molecule has 0 unspecified atom stereocenters. The number of nitrogens with zero attached hydrogens (tertiary/aromatic N) is 2. The van der Waals surface area contributed by atoms with Crippen LogP contribution in [0.4, 0.5) is 0 Å². The molecule has 166 valence electrons. The first-order chi connectivity index (χ1) is 15.5. The van der Waals surface area contributed by atoms with Gasteiger partial charge < -0.3 is 19.4 Å². The Kier molecular flexibility index (Phi) is 7.34. The van der Waals surface area contributed by atoms with Crippen LogP contribution in [-0.4, -0.2) is 34.6 Å². The van der Waals surface area contributed by atoms with Crippen molar-refractivity contribution in [3.05, 3.63) is 77.3 Å². The number of furan rings is 1. The number of methoxy groups -OCH3 is 1. The normalized spacial score (nSPS) is 17.9. The Morgan fingerprint density at radius 2 is 2.06 bits per heavy atom. The molecule has 0 spiro atoms. The molecule has 4 rings (SSSR count). The first kappa shape index (κ1) is 22.6. The Morgan fingerprint density at radius 3 is 2.78 bits per heavy atom. The minimum Gasteiger partial charge on any atom is -0.469 e. The molecule has 2 aromatic heterocycles. The Bertz CT molecular complexity index is 1080. The van der Waals surface area contributed by atoms with E-state index in [9.17, 15) is 4.79 Å². The minimum absolute atomic E-state index is 0.165. The molecule has 1 N–H and O–H groups in total. The van der Waals surface area contributed by atoms with Crippen molar-refractivity contribution in [2.45, 2.75) is 34.9 Å². The maximum absolute atomic E-state index is 11.6. The van der Waals surface area contributed by atoms with E-state index in [-0.39, 0.29) is 18.1 Å². The van der Waals surface area contributed by atoms with Crippen molar-refractivity contribution in [3.63, 3.8) is 0 Å². The van der Waals surface area contributed by atoms with Crippen LogP contribution in [0, 0.1) is 0 Å². The number of hydrogen-bond acceptors (Lipinski definition) is 6. The summed E-state index contributed by atoms with van der Waals surface area (Å²) >= 11 is 13.2. The molecule has 3 aromatic rings. The molecule has 9 heteroatoms. The van der Waals surface area contributed by atoms with Gasteiger partial charge in [0.1, 0.15) is 11.8 Å². The summed E-state index contributed by atoms with van der Waals surface area (Å²) in [5, 5.41) is 5.46. The number of aromatic nitrogens is 1. The number of pyridine rings is 1. The van der Waals surface area contributed by atoms with E-state index in [0.29, 0.717) is 29.5 Å². The van der Waals surface area contributed by atoms with Gasteiger partial charge >= 0.3 is 5.97 Å². The third kappa shape index (κ3) is 5.26. The first-order valence-corrected chi connectivity index (χ1v) is 11.7. The van der Waals surface area contributed by atoms with Crippen LogP contribution in [0.25, 0.3) is 0 Å². The van der Waals surface area contributed by atoms with Gasteiger partial charge in [-0.05, 0) is 67.2 Å². The molecule has 0 radical (unpaired) electrons. The number of benzene rings is 1. The lowest BCUT2D eigenvalue weighted by atomic mass is 10.0. The van der Waals surface area contributed by atoms with Crippen LogP contribution in [-0.2, 0) is 9.53 Å². The fourth-order valence-electron chi connectivity index (χ4n) is 3.62. The predicted molar refractivity (Wildman–Crippen MR) is 128 cm³/mol. The van der Waals surface area contributed by atoms with Crippen LogP contribution in [0.2, 0.25) is 5.02 Å². The zero-order valence-corrected chi connectivity index (χ0v) is 19.8. The van der Waals surface area contributed by atoms with E-state index in [0.717, 1.165) is 21.4 Å². The number of carbonyl (C=O) groups excluding carboxylic acids is 1. The second-order valence-corrected chi connectivity index (χ2v) is 9.11. The van der Waals surface area contributed by atoms with Gasteiger partial charge in [0.25, 0.3) is 0 Å². The van der Waals surface area contributed by atoms with Crippen molar-refractivity contribution in [3.8, 4) is 0 Å². The molecule has 1 aliphatic heterocycles. The molecule has 1 aromatic carbocycles. The lowest BCUT2D eigenvalue weighted by molar-refractivity contribution is -0.140. The van der Waals surface area contributed by atoms with Crippen molar-refractivity contribution in [2.24, 2.45) is 0 Å². The van der Waals surface area contributed by atoms with Crippen molar-refractivity contribution in [1.29, 1.82) is 0 Å². The van der Waals surface area contributed by atoms with Gasteiger partial charge in [0.15, 0.2) is 10.2 Å². The highest BCUT2D eigenvalue weighted by Crippen LogP contribution is 2.41. The Labute approximate surface area is 201 Å². The monoisotopic (exact) mass is 487 g/mol. The van der Waals surface area contributed by atoms with Gasteiger partial charge in [-0.2, -0.15) is 0 Å². The van der Waals surface area contributed by atoms with Crippen LogP contribution >= 0.6 is 35.6 Å². The van der Waals surface area contributed by atoms with Gasteiger partial charge in [-0.15, -0.1) is 0 Å². The molecule has 0 bridgehead atoms. The first-order valence-electron chi connectivity index (χ1n) is 10.1. The van der Waals surface area contributed by atoms with Crippen LogP contribution in [0.5, 0.6) is 0 Å². The van der Waals surface area contributed by atoms with Crippen LogP contribution in [0.15, 0.2) is 75.2 Å². The molecule has 0 amide bonds. The van der Waals surface area contributed by atoms with Crippen molar-refractivity contribution < 1.29 is 13.9 Å². The number of thiocarbonyl (C=S) groups is 1. The van der Waals surface area contributed by atoms with Crippen LogP contribution in [0.3, 0.4) is 0 Å². The molecular formula is C23H22ClN3O3S2. The number of rotatable bonds is 8. The number of halogens is 1. The van der Waals surface area contributed by atoms with Gasteiger partial charge in [0.2, 0.25) is 0 Å². The summed E-state index contributed by atoms with van der Waals surface area (Å²) in [5.74, 6) is 0.545. The van der Waals surface area contributed by atoms with Crippen molar-refractivity contribution in [1.82, 2.24) is 15.2 Å². The molecule has 0 saturated carbocycles. The molecule has 1 fully saturated rings. The maximum atomic E-state index is 11.6. The van der Waals surface area contributed by atoms with Crippen molar-refractivity contribution in [2.75, 3.05) is 13.7 Å². The van der Waals surface area contributed by atoms with Crippen LogP contribution in [0.1, 0.15) is 36.4 Å². The van der Waals surface area contributed by atoms with Gasteiger partial charge in [0, 0.05) is 29.1 Å². The number of esters is 1. The van der Waals surface area contributed by atoms with Gasteiger partial charge in [-0.25, -0.2) is 0 Å². The van der Waals surface area contributed by atoms with E-state index in [4.69, 9.17) is 33.0 Å². The third-order valence-corrected chi connectivity index (χ3v) is 6.66. The van der Waals surface area contributed by atoms with E-state index in [1.54, 1.807) is 6.20 Å². The fourth-order valence-corrected chi connectivity index (χ4v) is 4.85. The van der Waals surface area contributed by atoms with E-state index in [2.05, 4.69) is 15.2 Å². The number of carbonyl (C=O) groups is 1. The summed E-state index contributed by atoms with van der Waals surface area (Å²) in [5.41, 5.74) is 0.874. The van der Waals surface area contributed by atoms with E-state index in [1.165, 1.54) is 18.9 Å². The minimum atomic E-state index is -0.236. The third-order valence-electron chi connectivity index (χ3n) is 5.13. The highest BCUT2D eigenvalue weighted by Gasteiger charge is 2.41. The zero-order chi connectivity index (χ0) is 22.5. The number of hydrogen-bond donors (Lipinski definition) is 1. The fraction of sp³-hybridized carbons (Fsp3) is 0.261. The second-order valence-electron chi connectivity index (χ2n) is 7.21. The molecule has 1 saturated heterocycles. The molecule has 3 heterocycles. The van der Waals surface area contributed by atoms with Gasteiger partial charge in [-0.1, -0.05) is 29.4 Å². The summed E-state index contributed by atoms with van der Waals surface area (Å²) in [6, 6.07) is 17.0. The van der Waals surface area contributed by atoms with E-state index in [1.807, 2.05) is 54.6 Å². The SMILES string of the molecule is COC(=O)CCCN1C(=S)N[C@@H](c2ccccn2)[C@@H]1c1ccc(Sc2ccc(Cl)cc2)o1. The summed E-state index contributed by atoms with van der Waals surface area (Å²) in [4.78, 5) is 19.2. The molecular weight excluding hydrogens is 466 g/mol. The summed E-state index contributed by atoms with van der Waals surface area (Å²) < 4.78 is 11.0. The molecule has 0 aliphatic carbocycles. The maximum Gasteiger partial charge on any atom is 0.305 e. The number of ether oxygens (including phenoxy) is 1. The standard InChI is InChI=1S/C23H22ClN3O3S2/c1-29-19(28)6-4-14-27-22(21(26-23(27)31)17-5-2-3-13-25-17)18-11-12-20(30-18)32-16-9-7-15(24)8-10-16/h2-3,5,7-13,21-22H,4,6,14H2,1H3,(H,26,31)/t21-,22-/m0/s1. The highest BCUT2D eigenvalue weighted by atomic mass is 35.5. The Hall–Kier alpha value is -2.55. The quantitative estimate of drug-likeness (QED) is 0.334. The Morgan fingerprint density at radius 1 is 1.25 bits per heavy atom. The van der Waals surface area contributed by atoms with Crippen molar-refractivity contribution >= 4 is 46.7 Å². The second kappa shape index (κ2) is 10.4. The smallest absolute Gasteiger partial charge is 0.305 e. The highest BCUT2D eigenvalue weighted by molar-refractivity contribution is 7.99. The summed E-state index contributed by atoms with van der Waals surface area (Å²) in [7, 11) is 1.40. The molecule has 32 heavy (non-hydrogen) atoms. The van der Waals surface area contributed by atoms with E-state index < -0.39 is 0 Å². The van der Waals surface area contributed by atoms with Gasteiger partial charge in [-0.3, -0.25) is 9.78 Å². The van der Waals surface area contributed by atoms with Gasteiger partial charge in [0.05, 0.1) is 18.8 Å².